The quantitative estimate of drug-likeness (QED) is 0.821. The van der Waals surface area contributed by atoms with Crippen molar-refractivity contribution in [1.29, 1.82) is 0 Å². The van der Waals surface area contributed by atoms with E-state index in [9.17, 15) is 9.59 Å². The van der Waals surface area contributed by atoms with Crippen LogP contribution in [0.3, 0.4) is 0 Å². The average molecular weight is 348 g/mol. The molecule has 2 rings (SSSR count). The Hall–Kier alpha value is -2.24. The Morgan fingerprint density at radius 3 is 2.72 bits per heavy atom. The van der Waals surface area contributed by atoms with Crippen molar-refractivity contribution < 1.29 is 19.1 Å². The fraction of sp³-hybridized carbons (Fsp3) is 0.579. The zero-order valence-electron chi connectivity index (χ0n) is 15.1. The van der Waals surface area contributed by atoms with Crippen LogP contribution in [-0.2, 0) is 4.79 Å². The highest BCUT2D eigenvalue weighted by Gasteiger charge is 2.22. The molecule has 25 heavy (non-hydrogen) atoms. The second kappa shape index (κ2) is 9.30. The van der Waals surface area contributed by atoms with Gasteiger partial charge in [0.15, 0.2) is 18.1 Å². The van der Waals surface area contributed by atoms with Gasteiger partial charge in [-0.2, -0.15) is 0 Å². The van der Waals surface area contributed by atoms with Crippen LogP contribution >= 0.6 is 0 Å². The summed E-state index contributed by atoms with van der Waals surface area (Å²) in [6.45, 7) is 3.57. The van der Waals surface area contributed by atoms with Gasteiger partial charge in [0, 0.05) is 18.7 Å². The van der Waals surface area contributed by atoms with Crippen molar-refractivity contribution in [2.75, 3.05) is 26.8 Å². The van der Waals surface area contributed by atoms with Crippen LogP contribution in [0.2, 0.25) is 0 Å². The molecular formula is C19H28N2O4. The molecule has 1 heterocycles. The van der Waals surface area contributed by atoms with Crippen LogP contribution in [0.1, 0.15) is 49.4 Å². The van der Waals surface area contributed by atoms with Gasteiger partial charge in [-0.25, -0.2) is 0 Å². The molecule has 0 saturated carbocycles. The number of nitrogens with zero attached hydrogens (tertiary/aromatic N) is 1. The molecule has 6 nitrogen and oxygen atoms in total. The summed E-state index contributed by atoms with van der Waals surface area (Å²) in [5, 5.41) is 0. The van der Waals surface area contributed by atoms with Gasteiger partial charge in [0.1, 0.15) is 0 Å². The van der Waals surface area contributed by atoms with Crippen LogP contribution in [0.25, 0.3) is 0 Å². The molecular weight excluding hydrogens is 320 g/mol. The van der Waals surface area contributed by atoms with Crippen LogP contribution in [0.15, 0.2) is 18.2 Å². The number of benzene rings is 1. The second-order valence-electron chi connectivity index (χ2n) is 6.50. The summed E-state index contributed by atoms with van der Waals surface area (Å²) >= 11 is 0. The third-order valence-corrected chi connectivity index (χ3v) is 4.61. The minimum absolute atomic E-state index is 0.0110. The van der Waals surface area contributed by atoms with E-state index in [0.29, 0.717) is 17.1 Å². The summed E-state index contributed by atoms with van der Waals surface area (Å²) in [5.41, 5.74) is 5.66. The molecule has 1 saturated heterocycles. The predicted molar refractivity (Wildman–Crippen MR) is 95.8 cm³/mol. The Balaban J connectivity index is 2.07. The lowest BCUT2D eigenvalue weighted by molar-refractivity contribution is -0.119. The van der Waals surface area contributed by atoms with Gasteiger partial charge in [-0.3, -0.25) is 9.59 Å². The van der Waals surface area contributed by atoms with E-state index in [1.807, 2.05) is 4.90 Å². The molecule has 0 bridgehead atoms. The topological polar surface area (TPSA) is 81.9 Å². The molecule has 138 valence electrons. The molecule has 1 aliphatic heterocycles. The largest absolute Gasteiger partial charge is 0.493 e. The third kappa shape index (κ3) is 5.37. The standard InChI is InChI=1S/C19H28N2O4/c1-3-5-14-6-4-10-21(11-9-14)19(23)15-7-8-16(17(12-15)24-2)25-13-18(20)22/h7-8,12,14H,3-6,9-11,13H2,1-2H3,(H2,20,22). The number of methoxy groups -OCH3 is 1. The number of amides is 2. The predicted octanol–water partition coefficient (Wildman–Crippen LogP) is 2.60. The molecule has 1 aromatic rings. The minimum Gasteiger partial charge on any atom is -0.493 e. The fourth-order valence-electron chi connectivity index (χ4n) is 3.32. The number of primary amides is 1. The minimum atomic E-state index is -0.562. The second-order valence-corrected chi connectivity index (χ2v) is 6.50. The summed E-state index contributed by atoms with van der Waals surface area (Å²) in [5.74, 6) is 0.995. The molecule has 6 heteroatoms. The number of carbonyl (C=O) groups excluding carboxylic acids is 2. The van der Waals surface area contributed by atoms with Crippen LogP contribution in [0, 0.1) is 5.92 Å². The summed E-state index contributed by atoms with van der Waals surface area (Å²) in [7, 11) is 1.50. The number of carbonyl (C=O) groups is 2. The van der Waals surface area contributed by atoms with E-state index < -0.39 is 5.91 Å². The molecule has 1 fully saturated rings. The maximum atomic E-state index is 12.8. The van der Waals surface area contributed by atoms with E-state index in [0.717, 1.165) is 31.8 Å². The lowest BCUT2D eigenvalue weighted by Crippen LogP contribution is -2.32. The average Bonchev–Trinajstić information content (AvgIpc) is 2.85. The van der Waals surface area contributed by atoms with Crippen LogP contribution in [0.5, 0.6) is 11.5 Å². The molecule has 1 aromatic carbocycles. The van der Waals surface area contributed by atoms with Crippen LogP contribution in [-0.4, -0.2) is 43.5 Å². The van der Waals surface area contributed by atoms with Gasteiger partial charge in [0.05, 0.1) is 7.11 Å². The van der Waals surface area contributed by atoms with Gasteiger partial charge in [-0.1, -0.05) is 19.8 Å². The fourth-order valence-corrected chi connectivity index (χ4v) is 3.32. The molecule has 2 N–H and O–H groups in total. The molecule has 2 amide bonds. The summed E-state index contributed by atoms with van der Waals surface area (Å²) in [4.78, 5) is 25.6. The monoisotopic (exact) mass is 348 g/mol. The Labute approximate surface area is 149 Å². The highest BCUT2D eigenvalue weighted by atomic mass is 16.5. The van der Waals surface area contributed by atoms with Gasteiger partial charge in [0.25, 0.3) is 11.8 Å². The smallest absolute Gasteiger partial charge is 0.255 e. The first-order valence-corrected chi connectivity index (χ1v) is 8.93. The first-order chi connectivity index (χ1) is 12.0. The Kier molecular flexibility index (Phi) is 7.10. The zero-order chi connectivity index (χ0) is 18.2. The lowest BCUT2D eigenvalue weighted by Gasteiger charge is -2.21. The molecule has 0 aromatic heterocycles. The molecule has 1 aliphatic rings. The van der Waals surface area contributed by atoms with E-state index in [1.54, 1.807) is 18.2 Å². The molecule has 0 aliphatic carbocycles. The number of hydrogen-bond acceptors (Lipinski definition) is 4. The van der Waals surface area contributed by atoms with Crippen molar-refractivity contribution in [1.82, 2.24) is 4.90 Å². The van der Waals surface area contributed by atoms with E-state index in [-0.39, 0.29) is 12.5 Å². The van der Waals surface area contributed by atoms with Crippen molar-refractivity contribution >= 4 is 11.8 Å². The zero-order valence-corrected chi connectivity index (χ0v) is 15.1. The van der Waals surface area contributed by atoms with Gasteiger partial charge >= 0.3 is 0 Å². The first kappa shape index (κ1) is 19.1. The maximum Gasteiger partial charge on any atom is 0.255 e. The van der Waals surface area contributed by atoms with Crippen molar-refractivity contribution in [3.63, 3.8) is 0 Å². The normalized spacial score (nSPS) is 17.7. The van der Waals surface area contributed by atoms with Gasteiger partial charge in [0.2, 0.25) is 0 Å². The van der Waals surface area contributed by atoms with E-state index in [1.165, 1.54) is 26.4 Å². The number of ether oxygens (including phenoxy) is 2. The summed E-state index contributed by atoms with van der Waals surface area (Å²) in [6, 6.07) is 5.01. The van der Waals surface area contributed by atoms with Crippen molar-refractivity contribution in [3.8, 4) is 11.5 Å². The number of hydrogen-bond donors (Lipinski definition) is 1. The SMILES string of the molecule is CCCC1CCCN(C(=O)c2ccc(OCC(N)=O)c(OC)c2)CC1. The Bertz CT molecular complexity index is 603. The van der Waals surface area contributed by atoms with Gasteiger partial charge < -0.3 is 20.1 Å². The van der Waals surface area contributed by atoms with Gasteiger partial charge in [-0.15, -0.1) is 0 Å². The lowest BCUT2D eigenvalue weighted by atomic mass is 9.96. The highest BCUT2D eigenvalue weighted by molar-refractivity contribution is 5.95. The van der Waals surface area contributed by atoms with Crippen molar-refractivity contribution in [2.45, 2.75) is 39.0 Å². The highest BCUT2D eigenvalue weighted by Crippen LogP contribution is 2.29. The van der Waals surface area contributed by atoms with E-state index in [2.05, 4.69) is 6.92 Å². The van der Waals surface area contributed by atoms with Crippen LogP contribution < -0.4 is 15.2 Å². The molecule has 1 atom stereocenters. The molecule has 0 radical (unpaired) electrons. The number of rotatable bonds is 7. The van der Waals surface area contributed by atoms with Crippen molar-refractivity contribution in [2.24, 2.45) is 11.7 Å². The number of likely N-dealkylation sites (tertiary alicyclic amines) is 1. The van der Waals surface area contributed by atoms with Crippen LogP contribution in [0.4, 0.5) is 0 Å². The number of nitrogens with two attached hydrogens (primary N) is 1. The summed E-state index contributed by atoms with van der Waals surface area (Å²) in [6.07, 6.45) is 5.75. The van der Waals surface area contributed by atoms with Crippen molar-refractivity contribution in [3.05, 3.63) is 23.8 Å². The first-order valence-electron chi connectivity index (χ1n) is 8.93. The molecule has 0 spiro atoms. The summed E-state index contributed by atoms with van der Waals surface area (Å²) < 4.78 is 10.6. The Morgan fingerprint density at radius 1 is 1.24 bits per heavy atom. The maximum absolute atomic E-state index is 12.8. The van der Waals surface area contributed by atoms with E-state index >= 15 is 0 Å². The third-order valence-electron chi connectivity index (χ3n) is 4.61. The molecule has 1 unspecified atom stereocenters. The van der Waals surface area contributed by atoms with E-state index in [4.69, 9.17) is 15.2 Å². The van der Waals surface area contributed by atoms with Gasteiger partial charge in [-0.05, 0) is 43.4 Å². The Morgan fingerprint density at radius 2 is 2.04 bits per heavy atom.